The van der Waals surface area contributed by atoms with E-state index in [9.17, 15) is 18.4 Å². The summed E-state index contributed by atoms with van der Waals surface area (Å²) in [6.45, 7) is 5.72. The summed E-state index contributed by atoms with van der Waals surface area (Å²) in [5.41, 5.74) is 3.84. The standard InChI is InChI=1S/C16H16FNO2S.C16H16FNOS/c1-11-3-6-13(7-4-11)21-10-16(19)18-12-5-8-15(20-2)14(17)9-12;1-11-3-7-14(8-4-11)20-10-16(19)18-13-6-5-12(2)15(17)9-13/h3-9H,10H2,1-2H3,(H,18,19);3-9H,10H2,1-2H3,(H,18,19). The van der Waals surface area contributed by atoms with E-state index in [-0.39, 0.29) is 29.1 Å². The van der Waals surface area contributed by atoms with Gasteiger partial charge in [-0.2, -0.15) is 0 Å². The lowest BCUT2D eigenvalue weighted by Gasteiger charge is -2.07. The average molecular weight is 595 g/mol. The Balaban J connectivity index is 0.000000226. The number of anilines is 2. The molecule has 5 nitrogen and oxygen atoms in total. The number of carbonyl (C=O) groups is 2. The molecule has 0 spiro atoms. The molecule has 0 bridgehead atoms. The molecule has 0 atom stereocenters. The largest absolute Gasteiger partial charge is 0.494 e. The second-order valence-electron chi connectivity index (χ2n) is 9.11. The number of ether oxygens (including phenoxy) is 1. The van der Waals surface area contributed by atoms with Crippen molar-refractivity contribution in [2.45, 2.75) is 30.6 Å². The third-order valence-electron chi connectivity index (χ3n) is 5.67. The minimum Gasteiger partial charge on any atom is -0.494 e. The number of hydrogen-bond acceptors (Lipinski definition) is 5. The molecule has 4 rings (SSSR count). The molecule has 0 fully saturated rings. The predicted octanol–water partition coefficient (Wildman–Crippen LogP) is 8.05. The summed E-state index contributed by atoms with van der Waals surface area (Å²) in [5, 5.41) is 5.35. The number of thioether (sulfide) groups is 2. The number of amides is 2. The number of halogens is 2. The normalized spacial score (nSPS) is 10.3. The van der Waals surface area contributed by atoms with Crippen LogP contribution >= 0.6 is 23.5 Å². The molecular formula is C32H32F2N2O3S2. The molecule has 4 aromatic rings. The Morgan fingerprint density at radius 3 is 1.51 bits per heavy atom. The molecule has 0 radical (unpaired) electrons. The summed E-state index contributed by atoms with van der Waals surface area (Å²) in [7, 11) is 1.40. The van der Waals surface area contributed by atoms with Crippen molar-refractivity contribution in [3.63, 3.8) is 0 Å². The van der Waals surface area contributed by atoms with E-state index in [0.717, 1.165) is 9.79 Å². The van der Waals surface area contributed by atoms with Crippen molar-refractivity contribution >= 4 is 46.7 Å². The molecule has 4 aromatic carbocycles. The van der Waals surface area contributed by atoms with E-state index in [1.54, 1.807) is 25.1 Å². The number of rotatable bonds is 9. The van der Waals surface area contributed by atoms with E-state index < -0.39 is 5.82 Å². The van der Waals surface area contributed by atoms with E-state index in [1.807, 2.05) is 62.4 Å². The van der Waals surface area contributed by atoms with E-state index in [2.05, 4.69) is 10.6 Å². The fraction of sp³-hybridized carbons (Fsp3) is 0.188. The highest BCUT2D eigenvalue weighted by molar-refractivity contribution is 8.00. The van der Waals surface area contributed by atoms with Gasteiger partial charge in [-0.05, 0) is 74.9 Å². The second-order valence-corrected chi connectivity index (χ2v) is 11.2. The molecule has 0 saturated carbocycles. The lowest BCUT2D eigenvalue weighted by Crippen LogP contribution is -2.14. The molecule has 9 heteroatoms. The van der Waals surface area contributed by atoms with Gasteiger partial charge in [-0.1, -0.05) is 41.5 Å². The molecular weight excluding hydrogens is 562 g/mol. The van der Waals surface area contributed by atoms with E-state index in [0.29, 0.717) is 22.7 Å². The molecule has 0 aromatic heterocycles. The zero-order chi connectivity index (χ0) is 29.8. The molecule has 41 heavy (non-hydrogen) atoms. The van der Waals surface area contributed by atoms with Gasteiger partial charge in [0.25, 0.3) is 0 Å². The van der Waals surface area contributed by atoms with Crippen LogP contribution in [0.5, 0.6) is 5.75 Å². The van der Waals surface area contributed by atoms with Crippen LogP contribution < -0.4 is 15.4 Å². The molecule has 0 aliphatic carbocycles. The Hall–Kier alpha value is -3.82. The minimum absolute atomic E-state index is 0.140. The average Bonchev–Trinajstić information content (AvgIpc) is 2.95. The van der Waals surface area contributed by atoms with Gasteiger partial charge in [-0.3, -0.25) is 9.59 Å². The van der Waals surface area contributed by atoms with Crippen molar-refractivity contribution in [3.8, 4) is 5.75 Å². The smallest absolute Gasteiger partial charge is 0.234 e. The molecule has 0 aliphatic heterocycles. The van der Waals surface area contributed by atoms with Crippen LogP contribution in [0.4, 0.5) is 20.2 Å². The van der Waals surface area contributed by atoms with Crippen LogP contribution in [-0.2, 0) is 9.59 Å². The molecule has 0 heterocycles. The molecule has 0 aliphatic rings. The van der Waals surface area contributed by atoms with E-state index in [1.165, 1.54) is 60.0 Å². The summed E-state index contributed by atoms with van der Waals surface area (Å²) in [4.78, 5) is 25.7. The van der Waals surface area contributed by atoms with Crippen LogP contribution in [0.15, 0.2) is 94.7 Å². The number of hydrogen-bond donors (Lipinski definition) is 2. The third kappa shape index (κ3) is 10.9. The van der Waals surface area contributed by atoms with Gasteiger partial charge in [0.05, 0.1) is 18.6 Å². The quantitative estimate of drug-likeness (QED) is 0.192. The van der Waals surface area contributed by atoms with Crippen molar-refractivity contribution in [2.75, 3.05) is 29.2 Å². The maximum absolute atomic E-state index is 13.5. The molecule has 0 saturated heterocycles. The summed E-state index contributed by atoms with van der Waals surface area (Å²) in [5.74, 6) is -0.392. The Labute approximate surface area is 248 Å². The third-order valence-corrected chi connectivity index (χ3v) is 7.70. The lowest BCUT2D eigenvalue weighted by atomic mass is 10.2. The van der Waals surface area contributed by atoms with Crippen LogP contribution in [0.25, 0.3) is 0 Å². The summed E-state index contributed by atoms with van der Waals surface area (Å²) in [6.07, 6.45) is 0. The zero-order valence-electron chi connectivity index (χ0n) is 23.3. The molecule has 2 N–H and O–H groups in total. The second kappa shape index (κ2) is 15.8. The maximum atomic E-state index is 13.5. The first-order valence-corrected chi connectivity index (χ1v) is 14.7. The molecule has 214 valence electrons. The van der Waals surface area contributed by atoms with Crippen molar-refractivity contribution < 1.29 is 23.1 Å². The zero-order valence-corrected chi connectivity index (χ0v) is 24.9. The van der Waals surface area contributed by atoms with Gasteiger partial charge in [0, 0.05) is 27.2 Å². The van der Waals surface area contributed by atoms with Crippen molar-refractivity contribution in [1.82, 2.24) is 0 Å². The van der Waals surface area contributed by atoms with Crippen LogP contribution in [-0.4, -0.2) is 30.4 Å². The predicted molar refractivity (Wildman–Crippen MR) is 165 cm³/mol. The number of aryl methyl sites for hydroxylation is 3. The van der Waals surface area contributed by atoms with Gasteiger partial charge >= 0.3 is 0 Å². The highest BCUT2D eigenvalue weighted by atomic mass is 32.2. The SMILES string of the molecule is COc1ccc(NC(=O)CSc2ccc(C)cc2)cc1F.Cc1ccc(SCC(=O)Nc2ccc(C)c(F)c2)cc1. The number of benzene rings is 4. The number of carbonyl (C=O) groups excluding carboxylic acids is 2. The summed E-state index contributed by atoms with van der Waals surface area (Å²) < 4.78 is 31.7. The first-order chi connectivity index (χ1) is 19.6. The fourth-order valence-corrected chi connectivity index (χ4v) is 4.77. The van der Waals surface area contributed by atoms with Gasteiger partial charge in [0.1, 0.15) is 5.82 Å². The van der Waals surface area contributed by atoms with Crippen molar-refractivity contribution in [3.05, 3.63) is 113 Å². The Morgan fingerprint density at radius 1 is 0.659 bits per heavy atom. The number of nitrogens with one attached hydrogen (secondary N) is 2. The van der Waals surface area contributed by atoms with Crippen LogP contribution in [0.2, 0.25) is 0 Å². The van der Waals surface area contributed by atoms with Gasteiger partial charge < -0.3 is 15.4 Å². The maximum Gasteiger partial charge on any atom is 0.234 e. The Kier molecular flexibility index (Phi) is 12.2. The lowest BCUT2D eigenvalue weighted by molar-refractivity contribution is -0.114. The van der Waals surface area contributed by atoms with Crippen LogP contribution in [0.1, 0.15) is 16.7 Å². The van der Waals surface area contributed by atoms with Crippen LogP contribution in [0.3, 0.4) is 0 Å². The fourth-order valence-electron chi connectivity index (χ4n) is 3.38. The van der Waals surface area contributed by atoms with Gasteiger partial charge in [-0.15, -0.1) is 23.5 Å². The molecule has 2 amide bonds. The van der Waals surface area contributed by atoms with Crippen molar-refractivity contribution in [1.29, 1.82) is 0 Å². The summed E-state index contributed by atoms with van der Waals surface area (Å²) >= 11 is 2.90. The topological polar surface area (TPSA) is 67.4 Å². The van der Waals surface area contributed by atoms with Gasteiger partial charge in [-0.25, -0.2) is 8.78 Å². The van der Waals surface area contributed by atoms with Gasteiger partial charge in [0.2, 0.25) is 11.8 Å². The minimum atomic E-state index is -0.499. The highest BCUT2D eigenvalue weighted by Crippen LogP contribution is 2.22. The Bertz CT molecular complexity index is 1460. The first kappa shape index (κ1) is 31.7. The van der Waals surface area contributed by atoms with Gasteiger partial charge in [0.15, 0.2) is 11.6 Å². The van der Waals surface area contributed by atoms with Crippen LogP contribution in [0, 0.1) is 32.4 Å². The van der Waals surface area contributed by atoms with E-state index >= 15 is 0 Å². The highest BCUT2D eigenvalue weighted by Gasteiger charge is 2.08. The van der Waals surface area contributed by atoms with Crippen molar-refractivity contribution in [2.24, 2.45) is 0 Å². The molecule has 0 unspecified atom stereocenters. The number of methoxy groups -OCH3 is 1. The first-order valence-electron chi connectivity index (χ1n) is 12.7. The van der Waals surface area contributed by atoms with E-state index in [4.69, 9.17) is 4.74 Å². The Morgan fingerprint density at radius 2 is 1.10 bits per heavy atom. The summed E-state index contributed by atoms with van der Waals surface area (Å²) in [6, 6.07) is 25.0. The monoisotopic (exact) mass is 594 g/mol.